The summed E-state index contributed by atoms with van der Waals surface area (Å²) in [5.41, 5.74) is 2.19. The maximum atomic E-state index is 6.40. The molecule has 0 aliphatic carbocycles. The van der Waals surface area contributed by atoms with Crippen molar-refractivity contribution in [2.45, 2.75) is 13.0 Å². The first-order valence-electron chi connectivity index (χ1n) is 8.11. The predicted octanol–water partition coefficient (Wildman–Crippen LogP) is 4.07. The molecule has 0 saturated heterocycles. The van der Waals surface area contributed by atoms with Crippen LogP contribution in [0, 0.1) is 0 Å². The fourth-order valence-corrected chi connectivity index (χ4v) is 2.93. The van der Waals surface area contributed by atoms with Crippen LogP contribution in [0.25, 0.3) is 10.9 Å². The highest BCUT2D eigenvalue weighted by atomic mass is 35.5. The van der Waals surface area contributed by atoms with E-state index >= 15 is 0 Å². The van der Waals surface area contributed by atoms with Gasteiger partial charge in [0, 0.05) is 6.54 Å². The van der Waals surface area contributed by atoms with Gasteiger partial charge in [0.15, 0.2) is 0 Å². The number of benzene rings is 2. The Kier molecular flexibility index (Phi) is 5.38. The number of aromatic nitrogens is 2. The quantitative estimate of drug-likeness (QED) is 0.606. The second-order valence-electron chi connectivity index (χ2n) is 6.09. The Bertz CT molecular complexity index is 799. The maximum absolute atomic E-state index is 6.40. The second kappa shape index (κ2) is 7.69. The number of rotatable bonds is 7. The van der Waals surface area contributed by atoms with Crippen molar-refractivity contribution in [1.82, 2.24) is 14.7 Å². The van der Waals surface area contributed by atoms with E-state index in [9.17, 15) is 0 Å². The van der Waals surface area contributed by atoms with Gasteiger partial charge in [-0.25, -0.2) is 0 Å². The lowest BCUT2D eigenvalue weighted by molar-refractivity contribution is 0.273. The van der Waals surface area contributed by atoms with Crippen LogP contribution < -0.4 is 4.74 Å². The molecule has 0 spiro atoms. The van der Waals surface area contributed by atoms with Crippen LogP contribution in [0.3, 0.4) is 0 Å². The molecule has 5 heteroatoms. The monoisotopic (exact) mass is 343 g/mol. The van der Waals surface area contributed by atoms with Crippen LogP contribution in [0.15, 0.2) is 48.5 Å². The van der Waals surface area contributed by atoms with Crippen molar-refractivity contribution in [3.8, 4) is 5.88 Å². The standard InChI is InChI=1S/C19H22ClN3O/c1-22(2)12-7-13-24-19-18-16(20)10-6-11-17(18)23(21-19)14-15-8-4-3-5-9-15/h3-6,8-11H,7,12-14H2,1-2H3. The molecule has 24 heavy (non-hydrogen) atoms. The molecule has 2 aromatic carbocycles. The summed E-state index contributed by atoms with van der Waals surface area (Å²) in [6.45, 7) is 2.30. The van der Waals surface area contributed by atoms with Gasteiger partial charge >= 0.3 is 0 Å². The smallest absolute Gasteiger partial charge is 0.242 e. The van der Waals surface area contributed by atoms with Crippen LogP contribution in [0.4, 0.5) is 0 Å². The lowest BCUT2D eigenvalue weighted by atomic mass is 10.2. The molecule has 0 N–H and O–H groups in total. The minimum Gasteiger partial charge on any atom is -0.476 e. The molecule has 0 bridgehead atoms. The van der Waals surface area contributed by atoms with Gasteiger partial charge in [-0.15, -0.1) is 5.10 Å². The highest BCUT2D eigenvalue weighted by molar-refractivity contribution is 6.35. The van der Waals surface area contributed by atoms with Gasteiger partial charge in [-0.05, 0) is 38.2 Å². The van der Waals surface area contributed by atoms with Crippen LogP contribution in [0.1, 0.15) is 12.0 Å². The lowest BCUT2D eigenvalue weighted by Crippen LogP contribution is -2.15. The fourth-order valence-electron chi connectivity index (χ4n) is 2.68. The van der Waals surface area contributed by atoms with E-state index in [0.29, 0.717) is 24.1 Å². The summed E-state index contributed by atoms with van der Waals surface area (Å²) in [5.74, 6) is 0.616. The maximum Gasteiger partial charge on any atom is 0.242 e. The molecule has 0 radical (unpaired) electrons. The summed E-state index contributed by atoms with van der Waals surface area (Å²) in [5, 5.41) is 6.22. The van der Waals surface area contributed by atoms with Crippen molar-refractivity contribution in [2.75, 3.05) is 27.2 Å². The van der Waals surface area contributed by atoms with E-state index in [2.05, 4.69) is 36.2 Å². The first kappa shape index (κ1) is 16.8. The summed E-state index contributed by atoms with van der Waals surface area (Å²) in [6.07, 6.45) is 0.949. The van der Waals surface area contributed by atoms with E-state index in [1.807, 2.05) is 41.1 Å². The molecular weight excluding hydrogens is 322 g/mol. The minimum atomic E-state index is 0.616. The molecule has 0 amide bonds. The minimum absolute atomic E-state index is 0.616. The van der Waals surface area contributed by atoms with E-state index in [4.69, 9.17) is 16.3 Å². The van der Waals surface area contributed by atoms with Crippen molar-refractivity contribution in [3.05, 3.63) is 59.1 Å². The summed E-state index contributed by atoms with van der Waals surface area (Å²) >= 11 is 6.40. The van der Waals surface area contributed by atoms with Crippen molar-refractivity contribution in [1.29, 1.82) is 0 Å². The molecule has 4 nitrogen and oxygen atoms in total. The zero-order valence-electron chi connectivity index (χ0n) is 14.1. The third-order valence-electron chi connectivity index (χ3n) is 3.86. The third-order valence-corrected chi connectivity index (χ3v) is 4.17. The van der Waals surface area contributed by atoms with Crippen molar-refractivity contribution >= 4 is 22.5 Å². The Morgan fingerprint density at radius 2 is 1.88 bits per heavy atom. The van der Waals surface area contributed by atoms with Gasteiger partial charge in [-0.2, -0.15) is 0 Å². The average molecular weight is 344 g/mol. The van der Waals surface area contributed by atoms with Gasteiger partial charge in [0.2, 0.25) is 5.88 Å². The van der Waals surface area contributed by atoms with E-state index in [-0.39, 0.29) is 0 Å². The summed E-state index contributed by atoms with van der Waals surface area (Å²) in [7, 11) is 4.11. The highest BCUT2D eigenvalue weighted by Gasteiger charge is 2.15. The number of ether oxygens (including phenoxy) is 1. The van der Waals surface area contributed by atoms with Crippen LogP contribution >= 0.6 is 11.6 Å². The molecule has 126 valence electrons. The number of hydrogen-bond acceptors (Lipinski definition) is 3. The molecule has 1 aromatic heterocycles. The second-order valence-corrected chi connectivity index (χ2v) is 6.49. The van der Waals surface area contributed by atoms with Crippen LogP contribution in [0.5, 0.6) is 5.88 Å². The van der Waals surface area contributed by atoms with Gasteiger partial charge in [0.05, 0.1) is 29.1 Å². The molecule has 0 aliphatic rings. The number of hydrogen-bond donors (Lipinski definition) is 0. The van der Waals surface area contributed by atoms with Crippen molar-refractivity contribution in [2.24, 2.45) is 0 Å². The fraction of sp³-hybridized carbons (Fsp3) is 0.316. The summed E-state index contributed by atoms with van der Waals surface area (Å²) in [6, 6.07) is 16.1. The topological polar surface area (TPSA) is 30.3 Å². The Labute approximate surface area is 147 Å². The van der Waals surface area contributed by atoms with Gasteiger partial charge < -0.3 is 9.64 Å². The molecule has 1 heterocycles. The van der Waals surface area contributed by atoms with Gasteiger partial charge in [0.1, 0.15) is 0 Å². The molecular formula is C19H22ClN3O. The molecule has 0 unspecified atom stereocenters. The lowest BCUT2D eigenvalue weighted by Gasteiger charge is -2.09. The van der Waals surface area contributed by atoms with Gasteiger partial charge in [0.25, 0.3) is 0 Å². The normalized spacial score (nSPS) is 11.3. The number of halogens is 1. The molecule has 0 atom stereocenters. The Hall–Kier alpha value is -2.04. The van der Waals surface area contributed by atoms with Crippen LogP contribution in [-0.4, -0.2) is 41.9 Å². The molecule has 3 aromatic rings. The first-order chi connectivity index (χ1) is 11.6. The third kappa shape index (κ3) is 3.89. The highest BCUT2D eigenvalue weighted by Crippen LogP contribution is 2.32. The average Bonchev–Trinajstić information content (AvgIpc) is 2.92. The Morgan fingerprint density at radius 3 is 2.62 bits per heavy atom. The SMILES string of the molecule is CN(C)CCCOc1nn(Cc2ccccc2)c2cccc(Cl)c12. The molecule has 0 aliphatic heterocycles. The summed E-state index contributed by atoms with van der Waals surface area (Å²) < 4.78 is 7.88. The van der Waals surface area contributed by atoms with Crippen LogP contribution in [0.2, 0.25) is 5.02 Å². The Balaban J connectivity index is 1.86. The predicted molar refractivity (Wildman–Crippen MR) is 99.0 cm³/mol. The van der Waals surface area contributed by atoms with E-state index in [1.54, 1.807) is 0 Å². The largest absolute Gasteiger partial charge is 0.476 e. The van der Waals surface area contributed by atoms with E-state index in [1.165, 1.54) is 5.56 Å². The number of fused-ring (bicyclic) bond motifs is 1. The van der Waals surface area contributed by atoms with Crippen molar-refractivity contribution in [3.63, 3.8) is 0 Å². The van der Waals surface area contributed by atoms with E-state index in [0.717, 1.165) is 23.9 Å². The van der Waals surface area contributed by atoms with E-state index < -0.39 is 0 Å². The molecule has 0 fully saturated rings. The Morgan fingerprint density at radius 1 is 1.08 bits per heavy atom. The molecule has 0 saturated carbocycles. The zero-order chi connectivity index (χ0) is 16.9. The zero-order valence-corrected chi connectivity index (χ0v) is 14.8. The van der Waals surface area contributed by atoms with Gasteiger partial charge in [-0.1, -0.05) is 48.0 Å². The first-order valence-corrected chi connectivity index (χ1v) is 8.49. The van der Waals surface area contributed by atoms with Crippen LogP contribution in [-0.2, 0) is 6.54 Å². The summed E-state index contributed by atoms with van der Waals surface area (Å²) in [4.78, 5) is 2.14. The van der Waals surface area contributed by atoms with Gasteiger partial charge in [-0.3, -0.25) is 4.68 Å². The number of nitrogens with zero attached hydrogens (tertiary/aromatic N) is 3. The molecule has 3 rings (SSSR count). The van der Waals surface area contributed by atoms with Crippen molar-refractivity contribution < 1.29 is 4.74 Å².